The molecule has 0 unspecified atom stereocenters. The van der Waals surface area contributed by atoms with Gasteiger partial charge in [-0.05, 0) is 50.2 Å². The molecule has 1 fully saturated rings. The van der Waals surface area contributed by atoms with Crippen LogP contribution in [0.1, 0.15) is 29.3 Å². The van der Waals surface area contributed by atoms with Gasteiger partial charge in [-0.2, -0.15) is 0 Å². The first kappa shape index (κ1) is 25.3. The van der Waals surface area contributed by atoms with E-state index in [1.807, 2.05) is 43.0 Å². The lowest BCUT2D eigenvalue weighted by atomic mass is 10.2. The van der Waals surface area contributed by atoms with Gasteiger partial charge < -0.3 is 20.0 Å². The minimum atomic E-state index is -0.235. The summed E-state index contributed by atoms with van der Waals surface area (Å²) in [5.41, 5.74) is 2.07. The van der Waals surface area contributed by atoms with Crippen LogP contribution in [0.3, 0.4) is 0 Å². The molecule has 10 heteroatoms. The van der Waals surface area contributed by atoms with Gasteiger partial charge >= 0.3 is 6.03 Å². The lowest BCUT2D eigenvalue weighted by Crippen LogP contribution is -2.49. The van der Waals surface area contributed by atoms with Crippen molar-refractivity contribution in [3.8, 4) is 0 Å². The number of benzene rings is 2. The average Bonchev–Trinajstić information content (AvgIpc) is 3.32. The van der Waals surface area contributed by atoms with Crippen molar-refractivity contribution in [3.05, 3.63) is 74.7 Å². The summed E-state index contributed by atoms with van der Waals surface area (Å²) < 4.78 is 0. The Morgan fingerprint density at radius 2 is 1.74 bits per heavy atom. The molecule has 0 atom stereocenters. The summed E-state index contributed by atoms with van der Waals surface area (Å²) in [5.74, 6) is -0.0898. The van der Waals surface area contributed by atoms with Crippen LogP contribution in [0.25, 0.3) is 0 Å². The largest absolute Gasteiger partial charge is 0.367 e. The van der Waals surface area contributed by atoms with Gasteiger partial charge in [0.15, 0.2) is 0 Å². The Hall–Kier alpha value is -2.81. The van der Waals surface area contributed by atoms with Gasteiger partial charge in [-0.1, -0.05) is 35.3 Å². The summed E-state index contributed by atoms with van der Waals surface area (Å²) in [6, 6.07) is 14.4. The number of carbonyl (C=O) groups excluding carboxylic acids is 2. The van der Waals surface area contributed by atoms with Crippen molar-refractivity contribution < 1.29 is 9.59 Å². The minimum absolute atomic E-state index is 0.0526. The number of aromatic nitrogens is 1. The molecule has 0 radical (unpaired) electrons. The standard InChI is InChI=1S/C25H27Cl2N5O2S/c1-17(2)32(25(34)28-19-9-7-18(26)8-10-19)15-23-29-21(16-35-23)24(33)31-13-11-30(12-14-31)22-6-4-3-5-20(22)27/h3-10,16-17H,11-15H2,1-2H3,(H,28,34). The van der Waals surface area contributed by atoms with E-state index in [2.05, 4.69) is 15.2 Å². The highest BCUT2D eigenvalue weighted by Gasteiger charge is 2.26. The fourth-order valence-corrected chi connectivity index (χ4v) is 5.01. The molecule has 1 aromatic heterocycles. The number of anilines is 2. The molecule has 0 aliphatic carbocycles. The fourth-order valence-electron chi connectivity index (χ4n) is 3.87. The number of thiazole rings is 1. The van der Waals surface area contributed by atoms with Crippen LogP contribution >= 0.6 is 34.5 Å². The highest BCUT2D eigenvalue weighted by atomic mass is 35.5. The first-order valence-electron chi connectivity index (χ1n) is 11.4. The highest BCUT2D eigenvalue weighted by Crippen LogP contribution is 2.26. The molecule has 0 bridgehead atoms. The normalized spacial score (nSPS) is 13.7. The third kappa shape index (κ3) is 6.25. The Morgan fingerprint density at radius 3 is 2.40 bits per heavy atom. The first-order chi connectivity index (χ1) is 16.8. The number of hydrogen-bond donors (Lipinski definition) is 1. The average molecular weight is 532 g/mol. The Labute approximate surface area is 219 Å². The molecule has 1 aliphatic rings. The molecular weight excluding hydrogens is 505 g/mol. The molecule has 1 N–H and O–H groups in total. The third-order valence-electron chi connectivity index (χ3n) is 5.82. The van der Waals surface area contributed by atoms with Gasteiger partial charge in [-0.25, -0.2) is 9.78 Å². The summed E-state index contributed by atoms with van der Waals surface area (Å²) in [6.07, 6.45) is 0. The highest BCUT2D eigenvalue weighted by molar-refractivity contribution is 7.09. The van der Waals surface area contributed by atoms with Crippen molar-refractivity contribution in [2.24, 2.45) is 0 Å². The fraction of sp³-hybridized carbons (Fsp3) is 0.320. The number of halogens is 2. The molecule has 3 aromatic rings. The molecule has 0 spiro atoms. The van der Waals surface area contributed by atoms with Crippen molar-refractivity contribution in [2.75, 3.05) is 36.4 Å². The topological polar surface area (TPSA) is 68.8 Å². The van der Waals surface area contributed by atoms with E-state index >= 15 is 0 Å². The summed E-state index contributed by atoms with van der Waals surface area (Å²) in [5, 5.41) is 6.69. The summed E-state index contributed by atoms with van der Waals surface area (Å²) in [4.78, 5) is 36.2. The second kappa shape index (κ2) is 11.3. The number of nitrogens with zero attached hydrogens (tertiary/aromatic N) is 4. The number of nitrogens with one attached hydrogen (secondary N) is 1. The molecule has 0 saturated carbocycles. The lowest BCUT2D eigenvalue weighted by Gasteiger charge is -2.36. The van der Waals surface area contributed by atoms with Gasteiger partial charge in [0.1, 0.15) is 10.7 Å². The molecule has 1 aliphatic heterocycles. The summed E-state index contributed by atoms with van der Waals surface area (Å²) >= 11 is 13.6. The van der Waals surface area contributed by atoms with Crippen LogP contribution in [0, 0.1) is 0 Å². The maximum atomic E-state index is 13.1. The van der Waals surface area contributed by atoms with Crippen LogP contribution in [-0.4, -0.2) is 58.9 Å². The van der Waals surface area contributed by atoms with Gasteiger partial charge in [0.2, 0.25) is 0 Å². The Balaban J connectivity index is 1.36. The molecule has 4 rings (SSSR count). The lowest BCUT2D eigenvalue weighted by molar-refractivity contribution is 0.0741. The number of piperazine rings is 1. The molecule has 2 heterocycles. The van der Waals surface area contributed by atoms with Crippen molar-refractivity contribution in [1.29, 1.82) is 0 Å². The Morgan fingerprint density at radius 1 is 1.06 bits per heavy atom. The molecule has 3 amide bonds. The smallest absolute Gasteiger partial charge is 0.322 e. The molecular formula is C25H27Cl2N5O2S. The number of para-hydroxylation sites is 1. The minimum Gasteiger partial charge on any atom is -0.367 e. The van der Waals surface area contributed by atoms with Gasteiger partial charge in [-0.3, -0.25) is 4.79 Å². The third-order valence-corrected chi connectivity index (χ3v) is 7.22. The molecule has 184 valence electrons. The zero-order chi connectivity index (χ0) is 24.9. The van der Waals surface area contributed by atoms with E-state index in [4.69, 9.17) is 23.2 Å². The zero-order valence-electron chi connectivity index (χ0n) is 19.6. The Bertz CT molecular complexity index is 1180. The molecule has 35 heavy (non-hydrogen) atoms. The van der Waals surface area contributed by atoms with Crippen LogP contribution in [0.4, 0.5) is 16.2 Å². The number of carbonyl (C=O) groups is 2. The molecule has 2 aromatic carbocycles. The SMILES string of the molecule is CC(C)N(Cc1nc(C(=O)N2CCN(c3ccccc3Cl)CC2)cs1)C(=O)Nc1ccc(Cl)cc1. The quantitative estimate of drug-likeness (QED) is 0.432. The second-order valence-electron chi connectivity index (χ2n) is 8.52. The van der Waals surface area contributed by atoms with Crippen molar-refractivity contribution >= 4 is 57.9 Å². The number of urea groups is 1. The van der Waals surface area contributed by atoms with Crippen LogP contribution in [0.2, 0.25) is 10.0 Å². The molecule has 7 nitrogen and oxygen atoms in total. The van der Waals surface area contributed by atoms with E-state index in [-0.39, 0.29) is 18.0 Å². The predicted molar refractivity (Wildman–Crippen MR) is 143 cm³/mol. The van der Waals surface area contributed by atoms with Crippen LogP contribution < -0.4 is 10.2 Å². The summed E-state index contributed by atoms with van der Waals surface area (Å²) in [6.45, 7) is 6.81. The summed E-state index contributed by atoms with van der Waals surface area (Å²) in [7, 11) is 0. The van der Waals surface area contributed by atoms with E-state index in [9.17, 15) is 9.59 Å². The second-order valence-corrected chi connectivity index (χ2v) is 10.3. The van der Waals surface area contributed by atoms with Crippen LogP contribution in [-0.2, 0) is 6.54 Å². The van der Waals surface area contributed by atoms with Gasteiger partial charge in [0.25, 0.3) is 5.91 Å². The van der Waals surface area contributed by atoms with Crippen LogP contribution in [0.5, 0.6) is 0 Å². The predicted octanol–water partition coefficient (Wildman–Crippen LogP) is 5.85. The maximum Gasteiger partial charge on any atom is 0.322 e. The number of hydrogen-bond acceptors (Lipinski definition) is 5. The molecule has 1 saturated heterocycles. The van der Waals surface area contributed by atoms with Crippen molar-refractivity contribution in [2.45, 2.75) is 26.4 Å². The van der Waals surface area contributed by atoms with Crippen molar-refractivity contribution in [3.63, 3.8) is 0 Å². The number of amides is 3. The van der Waals surface area contributed by atoms with E-state index in [1.165, 1.54) is 11.3 Å². The maximum absolute atomic E-state index is 13.1. The van der Waals surface area contributed by atoms with E-state index in [0.29, 0.717) is 59.2 Å². The van der Waals surface area contributed by atoms with Gasteiger partial charge in [0.05, 0.1) is 17.3 Å². The van der Waals surface area contributed by atoms with Gasteiger partial charge in [0, 0.05) is 48.3 Å². The monoisotopic (exact) mass is 531 g/mol. The van der Waals surface area contributed by atoms with Gasteiger partial charge in [-0.15, -0.1) is 11.3 Å². The van der Waals surface area contributed by atoms with E-state index in [0.717, 1.165) is 5.69 Å². The first-order valence-corrected chi connectivity index (χ1v) is 13.0. The zero-order valence-corrected chi connectivity index (χ0v) is 21.9. The van der Waals surface area contributed by atoms with E-state index < -0.39 is 0 Å². The number of rotatable bonds is 6. The Kier molecular flexibility index (Phi) is 8.15. The van der Waals surface area contributed by atoms with Crippen LogP contribution in [0.15, 0.2) is 53.9 Å². The van der Waals surface area contributed by atoms with E-state index in [1.54, 1.807) is 34.5 Å². The van der Waals surface area contributed by atoms with Crippen molar-refractivity contribution in [1.82, 2.24) is 14.8 Å².